The van der Waals surface area contributed by atoms with Crippen LogP contribution in [-0.2, 0) is 6.54 Å². The molecule has 1 aromatic carbocycles. The third kappa shape index (κ3) is 3.55. The Balaban J connectivity index is 0.00000225. The Hall–Kier alpha value is -2.80. The van der Waals surface area contributed by atoms with Gasteiger partial charge >= 0.3 is 0 Å². The number of rotatable bonds is 5. The molecule has 0 amide bonds. The predicted molar refractivity (Wildman–Crippen MR) is 106 cm³/mol. The molecular weight excluding hydrogens is 340 g/mol. The van der Waals surface area contributed by atoms with Crippen molar-refractivity contribution < 1.29 is 5.84 Å². The molecule has 1 saturated heterocycles. The molecule has 7 heteroatoms. The lowest BCUT2D eigenvalue weighted by Crippen LogP contribution is -2.27. The Kier molecular flexibility index (Phi) is 4.85. The first-order chi connectivity index (χ1) is 13.2. The molecule has 3 aromatic rings. The van der Waals surface area contributed by atoms with Crippen LogP contribution >= 0.6 is 0 Å². The number of hydrogen-bond acceptors (Lipinski definition) is 7. The summed E-state index contributed by atoms with van der Waals surface area (Å²) >= 11 is 0. The summed E-state index contributed by atoms with van der Waals surface area (Å²) in [7, 11) is 1.93. The van der Waals surface area contributed by atoms with E-state index in [4.69, 9.17) is 9.40 Å². The Morgan fingerprint density at radius 3 is 2.70 bits per heavy atom. The molecule has 1 N–H and O–H groups in total. The van der Waals surface area contributed by atoms with E-state index >= 15 is 0 Å². The molecule has 4 rings (SSSR count). The zero-order valence-corrected chi connectivity index (χ0v) is 15.9. The fraction of sp³-hybridized carbons (Fsp3) is 0.400. The maximum absolute atomic E-state index is 5.92. The topological polar surface area (TPSA) is 80.0 Å². The summed E-state index contributed by atoms with van der Waals surface area (Å²) in [6, 6.07) is 8.56. The van der Waals surface area contributed by atoms with Crippen LogP contribution in [-0.4, -0.2) is 39.8 Å². The van der Waals surface area contributed by atoms with Crippen LogP contribution < -0.4 is 10.2 Å². The van der Waals surface area contributed by atoms with Crippen molar-refractivity contribution in [1.29, 1.82) is 0 Å². The van der Waals surface area contributed by atoms with Gasteiger partial charge in [0.1, 0.15) is 5.82 Å². The minimum Gasteiger partial charge on any atom is -0.415 e. The number of aryl methyl sites for hydroxylation is 1. The van der Waals surface area contributed by atoms with Gasteiger partial charge in [0, 0.05) is 26.1 Å². The van der Waals surface area contributed by atoms with Crippen molar-refractivity contribution in [3.63, 3.8) is 0 Å². The maximum Gasteiger partial charge on any atom is 0.268 e. The van der Waals surface area contributed by atoms with E-state index in [1.54, 1.807) is 0 Å². The summed E-state index contributed by atoms with van der Waals surface area (Å²) in [5.74, 6) is 1.77. The molecule has 1 atom stereocenters. The van der Waals surface area contributed by atoms with E-state index < -0.39 is 0 Å². The number of anilines is 1. The fourth-order valence-corrected chi connectivity index (χ4v) is 3.46. The quantitative estimate of drug-likeness (QED) is 0.740. The minimum atomic E-state index is 0. The van der Waals surface area contributed by atoms with Gasteiger partial charge < -0.3 is 14.6 Å². The molecule has 2 aromatic heterocycles. The van der Waals surface area contributed by atoms with Crippen LogP contribution in [0.3, 0.4) is 0 Å². The summed E-state index contributed by atoms with van der Waals surface area (Å²) in [5.41, 5.74) is 3.53. The van der Waals surface area contributed by atoms with Crippen molar-refractivity contribution in [2.24, 2.45) is 0 Å². The smallest absolute Gasteiger partial charge is 0.268 e. The third-order valence-corrected chi connectivity index (χ3v) is 5.00. The van der Waals surface area contributed by atoms with Gasteiger partial charge in [-0.2, -0.15) is 0 Å². The van der Waals surface area contributed by atoms with Crippen LogP contribution in [0.5, 0.6) is 0 Å². The van der Waals surface area contributed by atoms with E-state index in [0.717, 1.165) is 30.2 Å². The first-order valence-electron chi connectivity index (χ1n) is 9.34. The van der Waals surface area contributed by atoms with Crippen LogP contribution in [0.15, 0.2) is 34.9 Å². The first kappa shape index (κ1) is 17.6. The highest BCUT2D eigenvalue weighted by atomic mass is 16.4. The molecule has 27 heavy (non-hydrogen) atoms. The van der Waals surface area contributed by atoms with Gasteiger partial charge in [0.2, 0.25) is 5.89 Å². The molecule has 0 unspecified atom stereocenters. The molecule has 1 aliphatic rings. The average molecular weight is 366 g/mol. The average Bonchev–Trinajstić information content (AvgIpc) is 3.33. The SMILES string of the molecule is CNCc1ccc(-c2nnc(-c3nc(N4CCC[C@@H]4C)cnc3C)o2)cc1.[HH]. The van der Waals surface area contributed by atoms with Gasteiger partial charge in [-0.25, -0.2) is 4.98 Å². The monoisotopic (exact) mass is 366 g/mol. The summed E-state index contributed by atoms with van der Waals surface area (Å²) in [4.78, 5) is 11.6. The molecule has 0 bridgehead atoms. The van der Waals surface area contributed by atoms with E-state index in [9.17, 15) is 0 Å². The lowest BCUT2D eigenvalue weighted by atomic mass is 10.1. The molecule has 0 aliphatic carbocycles. The second-order valence-corrected chi connectivity index (χ2v) is 6.99. The molecule has 1 aliphatic heterocycles. The number of nitrogens with zero attached hydrogens (tertiary/aromatic N) is 5. The normalized spacial score (nSPS) is 16.9. The largest absolute Gasteiger partial charge is 0.415 e. The molecule has 142 valence electrons. The van der Waals surface area contributed by atoms with Crippen molar-refractivity contribution in [2.75, 3.05) is 18.5 Å². The van der Waals surface area contributed by atoms with Gasteiger partial charge in [-0.15, -0.1) is 10.2 Å². The summed E-state index contributed by atoms with van der Waals surface area (Å²) < 4.78 is 5.92. The van der Waals surface area contributed by atoms with Crippen molar-refractivity contribution in [3.05, 3.63) is 41.7 Å². The van der Waals surface area contributed by atoms with E-state index in [1.165, 1.54) is 18.4 Å². The van der Waals surface area contributed by atoms with Crippen molar-refractivity contribution in [2.45, 2.75) is 39.3 Å². The van der Waals surface area contributed by atoms with Crippen molar-refractivity contribution in [1.82, 2.24) is 25.5 Å². The molecule has 0 spiro atoms. The standard InChI is InChI=1S/C20H24N6O.H2/c1-13-5-4-10-26(13)17-12-22-14(2)18(23-17)20-25-24-19(27-20)16-8-6-15(7-9-16)11-21-3;/h6-9,12-13,21H,4-5,10-11H2,1-3H3;1H/t13-;/m0./s1. The molecule has 3 heterocycles. The summed E-state index contributed by atoms with van der Waals surface area (Å²) in [6.45, 7) is 5.96. The van der Waals surface area contributed by atoms with Crippen LogP contribution in [0.1, 0.15) is 32.4 Å². The number of aromatic nitrogens is 4. The van der Waals surface area contributed by atoms with Gasteiger partial charge in [0.15, 0.2) is 5.69 Å². The molecule has 7 nitrogen and oxygen atoms in total. The number of hydrogen-bond donors (Lipinski definition) is 1. The summed E-state index contributed by atoms with van der Waals surface area (Å²) in [5, 5.41) is 11.6. The Morgan fingerprint density at radius 1 is 1.22 bits per heavy atom. The number of nitrogens with one attached hydrogen (secondary N) is 1. The summed E-state index contributed by atoms with van der Waals surface area (Å²) in [6.07, 6.45) is 4.19. The van der Waals surface area contributed by atoms with Crippen LogP contribution in [0.4, 0.5) is 5.82 Å². The third-order valence-electron chi connectivity index (χ3n) is 5.00. The van der Waals surface area contributed by atoms with Crippen molar-refractivity contribution >= 4 is 5.82 Å². The first-order valence-corrected chi connectivity index (χ1v) is 9.34. The zero-order valence-electron chi connectivity index (χ0n) is 15.9. The highest BCUT2D eigenvalue weighted by Gasteiger charge is 2.24. The van der Waals surface area contributed by atoms with Gasteiger partial charge in [-0.1, -0.05) is 12.1 Å². The maximum atomic E-state index is 5.92. The second kappa shape index (κ2) is 7.44. The zero-order chi connectivity index (χ0) is 18.8. The lowest BCUT2D eigenvalue weighted by Gasteiger charge is -2.22. The molecule has 0 saturated carbocycles. The van der Waals surface area contributed by atoms with Gasteiger partial charge in [0.05, 0.1) is 11.9 Å². The molecular formula is C20H26N6O. The van der Waals surface area contributed by atoms with Gasteiger partial charge in [-0.05, 0) is 51.4 Å². The second-order valence-electron chi connectivity index (χ2n) is 6.99. The minimum absolute atomic E-state index is 0. The van der Waals surface area contributed by atoms with E-state index in [-0.39, 0.29) is 1.43 Å². The fourth-order valence-electron chi connectivity index (χ4n) is 3.46. The van der Waals surface area contributed by atoms with E-state index in [1.807, 2.05) is 32.3 Å². The Labute approximate surface area is 160 Å². The highest BCUT2D eigenvalue weighted by molar-refractivity contribution is 5.58. The molecule has 1 fully saturated rings. The van der Waals surface area contributed by atoms with Crippen molar-refractivity contribution in [3.8, 4) is 23.0 Å². The van der Waals surface area contributed by atoms with E-state index in [2.05, 4.69) is 44.5 Å². The van der Waals surface area contributed by atoms with Crippen LogP contribution in [0, 0.1) is 6.92 Å². The predicted octanol–water partition coefficient (Wildman–Crippen LogP) is 3.46. The van der Waals surface area contributed by atoms with Gasteiger partial charge in [-0.3, -0.25) is 4.98 Å². The highest BCUT2D eigenvalue weighted by Crippen LogP contribution is 2.28. The molecule has 0 radical (unpaired) electrons. The Bertz CT molecular complexity index is 927. The van der Waals surface area contributed by atoms with Crippen LogP contribution in [0.2, 0.25) is 0 Å². The van der Waals surface area contributed by atoms with Crippen LogP contribution in [0.25, 0.3) is 23.0 Å². The Morgan fingerprint density at radius 2 is 2.00 bits per heavy atom. The lowest BCUT2D eigenvalue weighted by molar-refractivity contribution is 0.580. The number of benzene rings is 1. The van der Waals surface area contributed by atoms with E-state index in [0.29, 0.717) is 23.5 Å². The van der Waals surface area contributed by atoms with Gasteiger partial charge in [0.25, 0.3) is 5.89 Å².